The number of aliphatic imine (C=N–C) groups is 1. The van der Waals surface area contributed by atoms with Gasteiger partial charge in [0.25, 0.3) is 0 Å². The van der Waals surface area contributed by atoms with E-state index in [4.69, 9.17) is 10.1 Å². The lowest BCUT2D eigenvalue weighted by atomic mass is 9.88. The van der Waals surface area contributed by atoms with Crippen molar-refractivity contribution < 1.29 is 4.74 Å². The van der Waals surface area contributed by atoms with Crippen LogP contribution in [0.3, 0.4) is 0 Å². The SMILES string of the molecule is C/N=C(\C=C/C(C)=N)C1CCC=C(OC)C1. The molecule has 1 aliphatic rings. The summed E-state index contributed by atoms with van der Waals surface area (Å²) in [7, 11) is 3.53. The summed E-state index contributed by atoms with van der Waals surface area (Å²) in [6.07, 6.45) is 8.98. The molecule has 16 heavy (non-hydrogen) atoms. The first-order valence-electron chi connectivity index (χ1n) is 5.60. The second-order valence-corrected chi connectivity index (χ2v) is 4.02. The second-order valence-electron chi connectivity index (χ2n) is 4.02. The highest BCUT2D eigenvalue weighted by Gasteiger charge is 2.19. The fourth-order valence-electron chi connectivity index (χ4n) is 1.90. The van der Waals surface area contributed by atoms with Crippen molar-refractivity contribution in [3.05, 3.63) is 24.0 Å². The zero-order valence-electron chi connectivity index (χ0n) is 10.3. The molecular formula is C13H20N2O. The number of nitrogens with one attached hydrogen (secondary N) is 1. The van der Waals surface area contributed by atoms with Gasteiger partial charge in [-0.2, -0.15) is 0 Å². The molecule has 0 bridgehead atoms. The Morgan fingerprint density at radius 3 is 2.88 bits per heavy atom. The number of methoxy groups -OCH3 is 1. The highest BCUT2D eigenvalue weighted by molar-refractivity contribution is 6.02. The smallest absolute Gasteiger partial charge is 0.0922 e. The molecule has 88 valence electrons. The summed E-state index contributed by atoms with van der Waals surface area (Å²) in [6, 6.07) is 0. The van der Waals surface area contributed by atoms with E-state index in [0.29, 0.717) is 11.6 Å². The van der Waals surface area contributed by atoms with Gasteiger partial charge in [0.05, 0.1) is 12.9 Å². The van der Waals surface area contributed by atoms with Crippen LogP contribution in [-0.2, 0) is 4.74 Å². The number of nitrogens with zero attached hydrogens (tertiary/aromatic N) is 1. The molecule has 0 saturated carbocycles. The molecule has 1 unspecified atom stereocenters. The van der Waals surface area contributed by atoms with E-state index in [0.717, 1.165) is 30.7 Å². The van der Waals surface area contributed by atoms with E-state index < -0.39 is 0 Å². The van der Waals surface area contributed by atoms with E-state index in [1.807, 2.05) is 13.1 Å². The van der Waals surface area contributed by atoms with E-state index in [9.17, 15) is 0 Å². The van der Waals surface area contributed by atoms with Gasteiger partial charge in [0, 0.05) is 30.8 Å². The summed E-state index contributed by atoms with van der Waals surface area (Å²) < 4.78 is 5.28. The Morgan fingerprint density at radius 1 is 1.56 bits per heavy atom. The van der Waals surface area contributed by atoms with Crippen LogP contribution in [0.25, 0.3) is 0 Å². The van der Waals surface area contributed by atoms with E-state index in [2.05, 4.69) is 11.1 Å². The fraction of sp³-hybridized carbons (Fsp3) is 0.538. The molecule has 0 aromatic heterocycles. The molecule has 1 atom stereocenters. The Hall–Kier alpha value is -1.38. The maximum Gasteiger partial charge on any atom is 0.0922 e. The Balaban J connectivity index is 2.69. The molecule has 1 N–H and O–H groups in total. The van der Waals surface area contributed by atoms with Crippen LogP contribution in [0.4, 0.5) is 0 Å². The Kier molecular flexibility index (Phi) is 4.96. The van der Waals surface area contributed by atoms with Crippen LogP contribution in [-0.4, -0.2) is 25.6 Å². The van der Waals surface area contributed by atoms with Crippen LogP contribution in [0.15, 0.2) is 29.0 Å². The number of rotatable bonds is 4. The first-order valence-corrected chi connectivity index (χ1v) is 5.60. The number of hydrogen-bond acceptors (Lipinski definition) is 3. The maximum absolute atomic E-state index is 7.37. The minimum absolute atomic E-state index is 0.431. The van der Waals surface area contributed by atoms with Crippen molar-refractivity contribution in [3.63, 3.8) is 0 Å². The quantitative estimate of drug-likeness (QED) is 0.727. The predicted molar refractivity (Wildman–Crippen MR) is 68.3 cm³/mol. The highest BCUT2D eigenvalue weighted by Crippen LogP contribution is 2.26. The zero-order valence-corrected chi connectivity index (χ0v) is 10.3. The number of hydrogen-bond donors (Lipinski definition) is 1. The van der Waals surface area contributed by atoms with Gasteiger partial charge in [0.1, 0.15) is 0 Å². The average Bonchev–Trinajstić information content (AvgIpc) is 2.30. The van der Waals surface area contributed by atoms with E-state index in [1.54, 1.807) is 20.1 Å². The summed E-state index contributed by atoms with van der Waals surface area (Å²) in [6.45, 7) is 1.77. The van der Waals surface area contributed by atoms with Gasteiger partial charge in [0.15, 0.2) is 0 Å². The normalized spacial score (nSPS) is 22.1. The molecule has 3 heteroatoms. The van der Waals surface area contributed by atoms with Gasteiger partial charge in [-0.3, -0.25) is 4.99 Å². The Labute approximate surface area is 97.4 Å². The van der Waals surface area contributed by atoms with E-state index >= 15 is 0 Å². The lowest BCUT2D eigenvalue weighted by Gasteiger charge is -2.21. The van der Waals surface area contributed by atoms with Crippen LogP contribution in [0.5, 0.6) is 0 Å². The number of allylic oxidation sites excluding steroid dienone is 4. The summed E-state index contributed by atoms with van der Waals surface area (Å²) in [5.41, 5.74) is 1.62. The van der Waals surface area contributed by atoms with Crippen molar-refractivity contribution in [2.45, 2.75) is 26.2 Å². The molecule has 0 radical (unpaired) electrons. The van der Waals surface area contributed by atoms with Gasteiger partial charge < -0.3 is 10.1 Å². The molecule has 0 aromatic carbocycles. The Morgan fingerprint density at radius 2 is 2.31 bits per heavy atom. The van der Waals surface area contributed by atoms with Crippen LogP contribution in [0, 0.1) is 11.3 Å². The first-order chi connectivity index (χ1) is 7.67. The summed E-state index contributed by atoms with van der Waals surface area (Å²) >= 11 is 0. The molecule has 1 rings (SSSR count). The first kappa shape index (κ1) is 12.7. The molecular weight excluding hydrogens is 200 g/mol. The molecule has 0 spiro atoms. The minimum Gasteiger partial charge on any atom is -0.501 e. The molecule has 1 aliphatic carbocycles. The lowest BCUT2D eigenvalue weighted by Crippen LogP contribution is -2.17. The van der Waals surface area contributed by atoms with Crippen LogP contribution < -0.4 is 0 Å². The van der Waals surface area contributed by atoms with Crippen molar-refractivity contribution in [2.24, 2.45) is 10.9 Å². The zero-order chi connectivity index (χ0) is 12.0. The van der Waals surface area contributed by atoms with E-state index in [-0.39, 0.29) is 0 Å². The third kappa shape index (κ3) is 3.65. The minimum atomic E-state index is 0.431. The molecule has 3 nitrogen and oxygen atoms in total. The summed E-state index contributed by atoms with van der Waals surface area (Å²) in [5, 5.41) is 7.37. The van der Waals surface area contributed by atoms with Gasteiger partial charge in [-0.1, -0.05) is 0 Å². The predicted octanol–water partition coefficient (Wildman–Crippen LogP) is 2.98. The molecule has 0 aliphatic heterocycles. The van der Waals surface area contributed by atoms with Crippen molar-refractivity contribution in [1.82, 2.24) is 0 Å². The monoisotopic (exact) mass is 220 g/mol. The van der Waals surface area contributed by atoms with Crippen LogP contribution in [0.2, 0.25) is 0 Å². The molecule has 0 saturated heterocycles. The van der Waals surface area contributed by atoms with Gasteiger partial charge in [0.2, 0.25) is 0 Å². The lowest BCUT2D eigenvalue weighted by molar-refractivity contribution is 0.258. The van der Waals surface area contributed by atoms with Crippen LogP contribution >= 0.6 is 0 Å². The largest absolute Gasteiger partial charge is 0.501 e. The molecule has 0 fully saturated rings. The Bertz CT molecular complexity index is 340. The molecule has 0 heterocycles. The van der Waals surface area contributed by atoms with Gasteiger partial charge in [-0.25, -0.2) is 0 Å². The number of ether oxygens (including phenoxy) is 1. The summed E-state index contributed by atoms with van der Waals surface area (Å²) in [4.78, 5) is 4.30. The third-order valence-electron chi connectivity index (χ3n) is 2.78. The highest BCUT2D eigenvalue weighted by atomic mass is 16.5. The summed E-state index contributed by atoms with van der Waals surface area (Å²) in [5.74, 6) is 1.48. The standard InChI is InChI=1S/C13H20N2O/c1-10(14)7-8-13(15-2)11-5-4-6-12(9-11)16-3/h6-8,11,14H,4-5,9H2,1-3H3/b8-7-,14-10?,15-13+. The van der Waals surface area contributed by atoms with E-state index in [1.165, 1.54) is 0 Å². The van der Waals surface area contributed by atoms with Gasteiger partial charge >= 0.3 is 0 Å². The maximum atomic E-state index is 7.37. The average molecular weight is 220 g/mol. The molecule has 0 amide bonds. The van der Waals surface area contributed by atoms with Crippen molar-refractivity contribution >= 4 is 11.4 Å². The second kappa shape index (κ2) is 6.26. The topological polar surface area (TPSA) is 45.4 Å². The van der Waals surface area contributed by atoms with Gasteiger partial charge in [-0.15, -0.1) is 0 Å². The third-order valence-corrected chi connectivity index (χ3v) is 2.78. The molecule has 0 aromatic rings. The van der Waals surface area contributed by atoms with Gasteiger partial charge in [-0.05, 0) is 38.0 Å². The van der Waals surface area contributed by atoms with Crippen LogP contribution in [0.1, 0.15) is 26.2 Å². The van der Waals surface area contributed by atoms with Crippen molar-refractivity contribution in [1.29, 1.82) is 5.41 Å². The fourth-order valence-corrected chi connectivity index (χ4v) is 1.90. The van der Waals surface area contributed by atoms with Crippen molar-refractivity contribution in [2.75, 3.05) is 14.2 Å². The van der Waals surface area contributed by atoms with Crippen molar-refractivity contribution in [3.8, 4) is 0 Å².